The number of carbonyl (C=O) groups excluding carboxylic acids is 1. The number of carbonyl (C=O) groups is 1. The number of anilines is 1. The van der Waals surface area contributed by atoms with Crippen molar-refractivity contribution < 1.29 is 9.53 Å². The minimum atomic E-state index is -0.408. The maximum Gasteiger partial charge on any atom is 0.185 e. The molecule has 0 saturated carbocycles. The van der Waals surface area contributed by atoms with E-state index in [4.69, 9.17) is 9.72 Å². The molecular formula is C13H18N2O2S. The van der Waals surface area contributed by atoms with Crippen molar-refractivity contribution in [2.24, 2.45) is 0 Å². The second-order valence-electron chi connectivity index (χ2n) is 5.42. The van der Waals surface area contributed by atoms with Crippen LogP contribution in [0.2, 0.25) is 0 Å². The molecule has 1 aliphatic carbocycles. The van der Waals surface area contributed by atoms with Gasteiger partial charge in [0.2, 0.25) is 0 Å². The third-order valence-corrected chi connectivity index (χ3v) is 5.01. The smallest absolute Gasteiger partial charge is 0.185 e. The lowest BCUT2D eigenvalue weighted by molar-refractivity contribution is -0.124. The summed E-state index contributed by atoms with van der Waals surface area (Å²) in [7, 11) is 0. The molecule has 1 fully saturated rings. The number of hydrogen-bond donors (Lipinski definition) is 0. The molecule has 4 nitrogen and oxygen atoms in total. The quantitative estimate of drug-likeness (QED) is 0.777. The number of Topliss-reactive ketones (excluding diaryl/α,β-unsaturated/α-hetero) is 1. The Labute approximate surface area is 111 Å². The summed E-state index contributed by atoms with van der Waals surface area (Å²) in [5, 5.41) is 1.06. The van der Waals surface area contributed by atoms with Gasteiger partial charge in [-0.05, 0) is 20.3 Å². The van der Waals surface area contributed by atoms with E-state index in [0.717, 1.165) is 43.5 Å². The highest BCUT2D eigenvalue weighted by atomic mass is 32.1. The van der Waals surface area contributed by atoms with Crippen LogP contribution in [0.4, 0.5) is 5.13 Å². The van der Waals surface area contributed by atoms with Crippen LogP contribution >= 0.6 is 11.3 Å². The van der Waals surface area contributed by atoms with Crippen molar-refractivity contribution in [3.05, 3.63) is 10.6 Å². The number of ether oxygens (including phenoxy) is 1. The Balaban J connectivity index is 1.94. The van der Waals surface area contributed by atoms with Gasteiger partial charge in [-0.1, -0.05) is 0 Å². The van der Waals surface area contributed by atoms with Crippen LogP contribution in [0.25, 0.3) is 0 Å². The van der Waals surface area contributed by atoms with Gasteiger partial charge in [0, 0.05) is 24.4 Å². The minimum Gasteiger partial charge on any atom is -0.378 e. The SMILES string of the molecule is CC1(C)C(=O)CCc2sc(N3CCOCC3)nc21. The van der Waals surface area contributed by atoms with Crippen molar-refractivity contribution in [1.82, 2.24) is 4.98 Å². The van der Waals surface area contributed by atoms with Crippen LogP contribution in [0.3, 0.4) is 0 Å². The zero-order chi connectivity index (χ0) is 12.8. The fourth-order valence-corrected chi connectivity index (χ4v) is 3.83. The van der Waals surface area contributed by atoms with E-state index in [1.807, 2.05) is 13.8 Å². The number of aromatic nitrogens is 1. The van der Waals surface area contributed by atoms with Gasteiger partial charge < -0.3 is 9.64 Å². The first-order chi connectivity index (χ1) is 8.59. The van der Waals surface area contributed by atoms with E-state index in [1.165, 1.54) is 4.88 Å². The fraction of sp³-hybridized carbons (Fsp3) is 0.692. The number of rotatable bonds is 1. The molecule has 3 rings (SSSR count). The van der Waals surface area contributed by atoms with Crippen LogP contribution in [-0.2, 0) is 21.4 Å². The summed E-state index contributed by atoms with van der Waals surface area (Å²) >= 11 is 1.75. The molecule has 5 heteroatoms. The first-order valence-electron chi connectivity index (χ1n) is 6.45. The molecule has 0 radical (unpaired) electrons. The third kappa shape index (κ3) is 1.86. The molecule has 1 saturated heterocycles. The van der Waals surface area contributed by atoms with E-state index in [0.29, 0.717) is 12.2 Å². The Morgan fingerprint density at radius 3 is 2.72 bits per heavy atom. The highest BCUT2D eigenvalue weighted by Gasteiger charge is 2.38. The molecular weight excluding hydrogens is 248 g/mol. The van der Waals surface area contributed by atoms with E-state index in [1.54, 1.807) is 11.3 Å². The first-order valence-corrected chi connectivity index (χ1v) is 7.27. The summed E-state index contributed by atoms with van der Waals surface area (Å²) in [6.07, 6.45) is 1.52. The molecule has 1 aromatic rings. The van der Waals surface area contributed by atoms with Crippen molar-refractivity contribution in [3.63, 3.8) is 0 Å². The molecule has 98 valence electrons. The van der Waals surface area contributed by atoms with Gasteiger partial charge >= 0.3 is 0 Å². The van der Waals surface area contributed by atoms with E-state index >= 15 is 0 Å². The Kier molecular flexibility index (Phi) is 2.90. The topological polar surface area (TPSA) is 42.4 Å². The predicted molar refractivity (Wildman–Crippen MR) is 71.5 cm³/mol. The lowest BCUT2D eigenvalue weighted by Crippen LogP contribution is -2.36. The van der Waals surface area contributed by atoms with Gasteiger partial charge in [-0.2, -0.15) is 0 Å². The number of nitrogens with zero attached hydrogens (tertiary/aromatic N) is 2. The second kappa shape index (κ2) is 4.31. The van der Waals surface area contributed by atoms with Crippen molar-refractivity contribution in [2.45, 2.75) is 32.1 Å². The minimum absolute atomic E-state index is 0.314. The normalized spacial score (nSPS) is 23.0. The molecule has 0 atom stereocenters. The van der Waals surface area contributed by atoms with Gasteiger partial charge in [0.15, 0.2) is 5.13 Å². The van der Waals surface area contributed by atoms with Crippen molar-refractivity contribution in [3.8, 4) is 0 Å². The molecule has 0 aromatic carbocycles. The summed E-state index contributed by atoms with van der Waals surface area (Å²) in [4.78, 5) is 20.3. The Morgan fingerprint density at radius 2 is 2.00 bits per heavy atom. The van der Waals surface area contributed by atoms with Crippen molar-refractivity contribution in [2.75, 3.05) is 31.2 Å². The highest BCUT2D eigenvalue weighted by Crippen LogP contribution is 2.39. The molecule has 0 N–H and O–H groups in total. The predicted octanol–water partition coefficient (Wildman–Crippen LogP) is 1.77. The van der Waals surface area contributed by atoms with Gasteiger partial charge in [0.1, 0.15) is 5.78 Å². The van der Waals surface area contributed by atoms with Crippen LogP contribution in [0, 0.1) is 0 Å². The first kappa shape index (κ1) is 12.1. The summed E-state index contributed by atoms with van der Waals surface area (Å²) in [5.74, 6) is 0.314. The number of morpholine rings is 1. The molecule has 0 bridgehead atoms. The van der Waals surface area contributed by atoms with E-state index in [2.05, 4.69) is 4.90 Å². The monoisotopic (exact) mass is 266 g/mol. The molecule has 0 spiro atoms. The van der Waals surface area contributed by atoms with Gasteiger partial charge in [-0.3, -0.25) is 4.79 Å². The maximum absolute atomic E-state index is 12.0. The van der Waals surface area contributed by atoms with E-state index < -0.39 is 5.41 Å². The van der Waals surface area contributed by atoms with Crippen LogP contribution in [0.15, 0.2) is 0 Å². The standard InChI is InChI=1S/C13H18N2O2S/c1-13(2)10(16)4-3-9-11(13)14-12(18-9)15-5-7-17-8-6-15/h3-8H2,1-2H3. The largest absolute Gasteiger partial charge is 0.378 e. The molecule has 18 heavy (non-hydrogen) atoms. The second-order valence-corrected chi connectivity index (χ2v) is 6.48. The van der Waals surface area contributed by atoms with Crippen LogP contribution in [-0.4, -0.2) is 37.1 Å². The van der Waals surface area contributed by atoms with Crippen LogP contribution < -0.4 is 4.90 Å². The molecule has 0 unspecified atom stereocenters. The van der Waals surface area contributed by atoms with E-state index in [-0.39, 0.29) is 0 Å². The number of ketones is 1. The Bertz CT molecular complexity index is 475. The van der Waals surface area contributed by atoms with Crippen molar-refractivity contribution >= 4 is 22.3 Å². The zero-order valence-corrected chi connectivity index (χ0v) is 11.7. The zero-order valence-electron chi connectivity index (χ0n) is 10.9. The summed E-state index contributed by atoms with van der Waals surface area (Å²) in [6.45, 7) is 7.34. The maximum atomic E-state index is 12.0. The summed E-state index contributed by atoms with van der Waals surface area (Å²) in [5.41, 5.74) is 0.597. The number of hydrogen-bond acceptors (Lipinski definition) is 5. The van der Waals surface area contributed by atoms with Gasteiger partial charge in [-0.25, -0.2) is 4.98 Å². The highest BCUT2D eigenvalue weighted by molar-refractivity contribution is 7.15. The van der Waals surface area contributed by atoms with Gasteiger partial charge in [-0.15, -0.1) is 11.3 Å². The Morgan fingerprint density at radius 1 is 1.28 bits per heavy atom. The molecule has 2 aliphatic rings. The number of thiazole rings is 1. The molecule has 2 heterocycles. The molecule has 0 amide bonds. The lowest BCUT2D eigenvalue weighted by Gasteiger charge is -2.27. The van der Waals surface area contributed by atoms with Gasteiger partial charge in [0.25, 0.3) is 0 Å². The Hall–Kier alpha value is -0.940. The molecule has 1 aliphatic heterocycles. The molecule has 1 aromatic heterocycles. The summed E-state index contributed by atoms with van der Waals surface area (Å²) in [6, 6.07) is 0. The summed E-state index contributed by atoms with van der Waals surface area (Å²) < 4.78 is 5.36. The number of fused-ring (bicyclic) bond motifs is 1. The van der Waals surface area contributed by atoms with E-state index in [9.17, 15) is 4.79 Å². The van der Waals surface area contributed by atoms with Crippen LogP contribution in [0.5, 0.6) is 0 Å². The average Bonchev–Trinajstić information content (AvgIpc) is 2.81. The number of aryl methyl sites for hydroxylation is 1. The average molecular weight is 266 g/mol. The van der Waals surface area contributed by atoms with Gasteiger partial charge in [0.05, 0.1) is 24.3 Å². The van der Waals surface area contributed by atoms with Crippen LogP contribution in [0.1, 0.15) is 30.8 Å². The third-order valence-electron chi connectivity index (χ3n) is 3.84. The van der Waals surface area contributed by atoms with Crippen molar-refractivity contribution in [1.29, 1.82) is 0 Å². The lowest BCUT2D eigenvalue weighted by atomic mass is 9.77. The fourth-order valence-electron chi connectivity index (χ4n) is 2.56.